The monoisotopic (exact) mass is 1460 g/mol. The first-order valence-electron chi connectivity index (χ1n) is 39.3. The molecule has 0 atom stereocenters. The molecule has 0 heterocycles. The maximum absolute atomic E-state index is 6.30. The van der Waals surface area contributed by atoms with Crippen LogP contribution in [0, 0.1) is 82.9 Å². The normalized spacial score (nSPS) is 12.1. The van der Waals surface area contributed by atoms with Gasteiger partial charge in [-0.05, 0) is 228 Å². The Bertz CT molecular complexity index is 5790. The molecule has 0 aliphatic carbocycles. The van der Waals surface area contributed by atoms with Crippen molar-refractivity contribution in [1.82, 2.24) is 0 Å². The second kappa shape index (κ2) is 30.3. The lowest BCUT2D eigenvalue weighted by molar-refractivity contribution is 0.413. The van der Waals surface area contributed by atoms with E-state index in [9.17, 15) is 0 Å². The van der Waals surface area contributed by atoms with Gasteiger partial charge < -0.3 is 9.47 Å². The van der Waals surface area contributed by atoms with Gasteiger partial charge in [0.15, 0.2) is 0 Å². The topological polar surface area (TPSA) is 18.5 Å². The summed E-state index contributed by atoms with van der Waals surface area (Å²) >= 11 is 0. The molecule has 2 heteroatoms. The summed E-state index contributed by atoms with van der Waals surface area (Å²) in [4.78, 5) is 0. The molecule has 0 aromatic heterocycles. The van der Waals surface area contributed by atoms with Crippen LogP contribution in [0.4, 0.5) is 0 Å². The SMILES string of the molecule is COc1cc(C#Cc2cc(C(C)(C)C)cc(C(C)(C)C)c2)c(C#Cc2cc(C(C)(C)C)cc(C(C)(C)C)c2)cc1C#Cc1cc(C#Cc2cc(C#Cc3cc(C(C)(C)C)cc(C(C)(C)C)c3)c(C#Cc3cc(C(C)(C)C)cc(C(C)(C)C)c3)cc2OC)cc(C#Cc2ccc3c4cccc5cccc(c6cccc2c63)c54)c1. The summed E-state index contributed by atoms with van der Waals surface area (Å²) in [5.41, 5.74) is 20.2. The van der Waals surface area contributed by atoms with Crippen LogP contribution < -0.4 is 9.47 Å². The van der Waals surface area contributed by atoms with Crippen molar-refractivity contribution in [2.45, 2.75) is 209 Å². The minimum atomic E-state index is -0.0973. The molecule has 12 rings (SSSR count). The summed E-state index contributed by atoms with van der Waals surface area (Å²) in [6.45, 7) is 54.1. The predicted molar refractivity (Wildman–Crippen MR) is 477 cm³/mol. The smallest absolute Gasteiger partial charge is 0.135 e. The third-order valence-corrected chi connectivity index (χ3v) is 21.2. The largest absolute Gasteiger partial charge is 0.495 e. The average Bonchev–Trinajstić information content (AvgIpc) is 0.717. The summed E-state index contributed by atoms with van der Waals surface area (Å²) in [5, 5.41) is 9.69. The van der Waals surface area contributed by atoms with Gasteiger partial charge in [0.2, 0.25) is 0 Å². The van der Waals surface area contributed by atoms with Crippen LogP contribution in [-0.2, 0) is 43.3 Å². The number of hydrogen-bond acceptors (Lipinski definition) is 2. The maximum atomic E-state index is 6.30. The molecule has 12 aromatic carbocycles. The lowest BCUT2D eigenvalue weighted by Gasteiger charge is -2.25. The molecule has 560 valence electrons. The molecule has 0 amide bonds. The quantitative estimate of drug-likeness (QED) is 0.0976. The third kappa shape index (κ3) is 18.2. The van der Waals surface area contributed by atoms with Crippen molar-refractivity contribution in [3.8, 4) is 94.4 Å². The molecule has 112 heavy (non-hydrogen) atoms. The number of methoxy groups -OCH3 is 2. The van der Waals surface area contributed by atoms with E-state index >= 15 is 0 Å². The molecular weight excluding hydrogens is 1350 g/mol. The zero-order chi connectivity index (χ0) is 81.0. The molecule has 0 spiro atoms. The Morgan fingerprint density at radius 2 is 0.411 bits per heavy atom. The van der Waals surface area contributed by atoms with Crippen molar-refractivity contribution >= 4 is 43.1 Å². The Balaban J connectivity index is 1.06. The van der Waals surface area contributed by atoms with E-state index in [2.05, 4.69) is 401 Å². The van der Waals surface area contributed by atoms with Crippen molar-refractivity contribution in [2.75, 3.05) is 14.2 Å². The zero-order valence-corrected chi connectivity index (χ0v) is 71.1. The van der Waals surface area contributed by atoms with E-state index in [-0.39, 0.29) is 43.3 Å². The molecule has 0 aliphatic heterocycles. The van der Waals surface area contributed by atoms with Crippen molar-refractivity contribution in [2.24, 2.45) is 0 Å². The second-order valence-electron chi connectivity index (χ2n) is 38.5. The van der Waals surface area contributed by atoms with Gasteiger partial charge in [0, 0.05) is 66.8 Å². The van der Waals surface area contributed by atoms with Crippen LogP contribution in [0.1, 0.15) is 289 Å². The van der Waals surface area contributed by atoms with E-state index in [0.29, 0.717) is 33.8 Å². The molecular formula is C110H108O2. The summed E-state index contributed by atoms with van der Waals surface area (Å²) in [7, 11) is 3.38. The molecule has 0 N–H and O–H groups in total. The van der Waals surface area contributed by atoms with Crippen LogP contribution in [0.5, 0.6) is 11.5 Å². The maximum Gasteiger partial charge on any atom is 0.135 e. The van der Waals surface area contributed by atoms with Gasteiger partial charge in [-0.1, -0.05) is 334 Å². The molecule has 0 saturated carbocycles. The fourth-order valence-corrected chi connectivity index (χ4v) is 13.9. The van der Waals surface area contributed by atoms with Gasteiger partial charge in [-0.2, -0.15) is 0 Å². The van der Waals surface area contributed by atoms with Crippen LogP contribution in [0.3, 0.4) is 0 Å². The van der Waals surface area contributed by atoms with Crippen LogP contribution in [0.25, 0.3) is 43.1 Å². The summed E-state index contributed by atoms with van der Waals surface area (Å²) in [5.74, 6) is 51.8. The third-order valence-electron chi connectivity index (χ3n) is 21.2. The van der Waals surface area contributed by atoms with Crippen LogP contribution >= 0.6 is 0 Å². The van der Waals surface area contributed by atoms with Crippen molar-refractivity contribution in [3.63, 3.8) is 0 Å². The molecule has 0 unspecified atom stereocenters. The highest BCUT2D eigenvalue weighted by Crippen LogP contribution is 2.42. The predicted octanol–water partition coefficient (Wildman–Crippen LogP) is 25.9. The highest BCUT2D eigenvalue weighted by atomic mass is 16.5. The van der Waals surface area contributed by atoms with Crippen molar-refractivity contribution in [1.29, 1.82) is 0 Å². The molecule has 0 radical (unpaired) electrons. The Morgan fingerprint density at radius 1 is 0.188 bits per heavy atom. The van der Waals surface area contributed by atoms with E-state index in [4.69, 9.17) is 9.47 Å². The molecule has 2 nitrogen and oxygen atoms in total. The summed E-state index contributed by atoms with van der Waals surface area (Å²) < 4.78 is 12.6. The number of benzene rings is 12. The highest BCUT2D eigenvalue weighted by molar-refractivity contribution is 6.33. The van der Waals surface area contributed by atoms with Crippen molar-refractivity contribution in [3.05, 3.63) is 304 Å². The first-order valence-corrected chi connectivity index (χ1v) is 39.3. The van der Waals surface area contributed by atoms with Gasteiger partial charge in [-0.15, -0.1) is 0 Å². The van der Waals surface area contributed by atoms with Crippen LogP contribution in [-0.4, -0.2) is 14.2 Å². The molecule has 0 saturated heterocycles. The standard InChI is InChI=1S/C110H108O2/c1-103(2,3)86-55-74(56-87(67-86)104(4,5)6)37-44-80-63-84(99(111-25)65-82(80)46-39-76-59-90(107(13,14)15)69-91(60-76)108(16,17)18)48-41-72-52-71(36-43-78-50-51-98-96-34-28-31-79-30-27-33-95(101(79)96)97-35-29-32-94(78)102(97)98)53-73(54-72)42-49-85-64-81(45-38-75-57-88(105(7,8)9)68-89(58-75)106(10,11)12)83(66-100(85)112-26)47-40-77-61-92(109(19,20)21)70-93(62-77)110(22,23)24/h27-35,50-70H,1-26H3. The van der Waals surface area contributed by atoms with Gasteiger partial charge in [0.05, 0.1) is 25.3 Å². The highest BCUT2D eigenvalue weighted by Gasteiger charge is 2.26. The fraction of sp³-hybridized carbons (Fsp3) is 0.309. The van der Waals surface area contributed by atoms with Crippen molar-refractivity contribution < 1.29 is 9.47 Å². The van der Waals surface area contributed by atoms with Crippen LogP contribution in [0.15, 0.2) is 182 Å². The average molecular weight is 1460 g/mol. The summed E-state index contributed by atoms with van der Waals surface area (Å²) in [6.07, 6.45) is 0. The Hall–Kier alpha value is -11.5. The number of rotatable bonds is 2. The molecule has 0 aliphatic rings. The van der Waals surface area contributed by atoms with Gasteiger partial charge >= 0.3 is 0 Å². The van der Waals surface area contributed by atoms with E-state index in [1.165, 1.54) is 82.2 Å². The fourth-order valence-electron chi connectivity index (χ4n) is 13.9. The van der Waals surface area contributed by atoms with Gasteiger partial charge in [-0.3, -0.25) is 0 Å². The minimum Gasteiger partial charge on any atom is -0.495 e. The Kier molecular flexibility index (Phi) is 21.6. The van der Waals surface area contributed by atoms with E-state index < -0.39 is 0 Å². The van der Waals surface area contributed by atoms with E-state index in [1.807, 2.05) is 30.3 Å². The molecule has 0 bridgehead atoms. The van der Waals surface area contributed by atoms with Gasteiger partial charge in [0.25, 0.3) is 0 Å². The molecule has 12 aromatic rings. The first-order chi connectivity index (χ1) is 52.4. The lowest BCUT2D eigenvalue weighted by Crippen LogP contribution is -2.16. The Labute approximate surface area is 670 Å². The van der Waals surface area contributed by atoms with Crippen LogP contribution in [0.2, 0.25) is 0 Å². The van der Waals surface area contributed by atoms with E-state index in [0.717, 1.165) is 61.0 Å². The molecule has 0 fully saturated rings. The number of hydrogen-bond donors (Lipinski definition) is 0. The lowest BCUT2D eigenvalue weighted by atomic mass is 9.79. The Morgan fingerprint density at radius 3 is 0.688 bits per heavy atom. The number of fused-ring (bicyclic) bond motifs is 2. The minimum absolute atomic E-state index is 0.0861. The first kappa shape index (κ1) is 80.0. The number of ether oxygens (including phenoxy) is 2. The van der Waals surface area contributed by atoms with Gasteiger partial charge in [-0.25, -0.2) is 0 Å². The van der Waals surface area contributed by atoms with Gasteiger partial charge in [0.1, 0.15) is 11.5 Å². The zero-order valence-electron chi connectivity index (χ0n) is 71.1. The second-order valence-corrected chi connectivity index (χ2v) is 38.5. The summed E-state index contributed by atoms with van der Waals surface area (Å²) in [6, 6.07) is 65.5. The van der Waals surface area contributed by atoms with E-state index in [1.54, 1.807) is 14.2 Å².